The summed E-state index contributed by atoms with van der Waals surface area (Å²) in [6.07, 6.45) is 0. The van der Waals surface area contributed by atoms with Gasteiger partial charge in [-0.05, 0) is 17.7 Å². The molecular formula is C16H8N4S. The number of fused-ring (bicyclic) bond motifs is 5. The van der Waals surface area contributed by atoms with Gasteiger partial charge in [-0.25, -0.2) is 9.97 Å². The third-order valence-corrected chi connectivity index (χ3v) is 4.39. The lowest BCUT2D eigenvalue weighted by Gasteiger charge is -2.02. The molecule has 2 heterocycles. The van der Waals surface area contributed by atoms with Crippen LogP contribution in [0.3, 0.4) is 0 Å². The second kappa shape index (κ2) is 3.71. The van der Waals surface area contributed by atoms with Crippen molar-refractivity contribution in [3.8, 4) is 11.3 Å². The smallest absolute Gasteiger partial charge is 0.107 e. The molecule has 0 fully saturated rings. The molecule has 0 amide bonds. The van der Waals surface area contributed by atoms with Crippen LogP contribution in [-0.2, 0) is 0 Å². The summed E-state index contributed by atoms with van der Waals surface area (Å²) in [5.41, 5.74) is 8.34. The average molecular weight is 288 g/mol. The Labute approximate surface area is 124 Å². The summed E-state index contributed by atoms with van der Waals surface area (Å²) >= 11 is 1.21. The Morgan fingerprint density at radius 1 is 0.762 bits per heavy atom. The molecule has 2 aromatic heterocycles. The standard InChI is InChI=1S/C16H8N4S/c1-8-9-4-2-3-5-10(9)16-15(8)17-11-6-13-14(20-21-19-13)7-12(11)18-16/h2-7H,1H2. The van der Waals surface area contributed by atoms with Crippen molar-refractivity contribution in [2.24, 2.45) is 0 Å². The second-order valence-electron chi connectivity index (χ2n) is 5.04. The van der Waals surface area contributed by atoms with E-state index in [1.807, 2.05) is 24.3 Å². The molecule has 0 radical (unpaired) electrons. The van der Waals surface area contributed by atoms with Gasteiger partial charge in [-0.3, -0.25) is 0 Å². The van der Waals surface area contributed by atoms with Gasteiger partial charge >= 0.3 is 0 Å². The fraction of sp³-hybridized carbons (Fsp3) is 0. The molecule has 0 unspecified atom stereocenters. The lowest BCUT2D eigenvalue weighted by atomic mass is 10.1. The SMILES string of the molecule is C=C1c2ccccc2-c2nc3cc4nsnc4cc3nc21. The fourth-order valence-electron chi connectivity index (χ4n) is 2.81. The van der Waals surface area contributed by atoms with Crippen LogP contribution in [-0.4, -0.2) is 18.7 Å². The first kappa shape index (κ1) is 11.0. The third-order valence-electron chi connectivity index (χ3n) is 3.83. The van der Waals surface area contributed by atoms with E-state index in [1.54, 1.807) is 0 Å². The first-order chi connectivity index (χ1) is 10.3. The van der Waals surface area contributed by atoms with Crippen molar-refractivity contribution in [2.45, 2.75) is 0 Å². The highest BCUT2D eigenvalue weighted by Gasteiger charge is 2.25. The molecule has 0 saturated heterocycles. The van der Waals surface area contributed by atoms with E-state index in [0.717, 1.165) is 50.2 Å². The minimum atomic E-state index is 0.836. The highest BCUT2D eigenvalue weighted by molar-refractivity contribution is 7.00. The highest BCUT2D eigenvalue weighted by Crippen LogP contribution is 2.41. The molecule has 21 heavy (non-hydrogen) atoms. The van der Waals surface area contributed by atoms with Crippen molar-refractivity contribution in [1.29, 1.82) is 0 Å². The van der Waals surface area contributed by atoms with Crippen LogP contribution < -0.4 is 0 Å². The molecule has 5 rings (SSSR count). The van der Waals surface area contributed by atoms with Gasteiger partial charge in [-0.15, -0.1) is 0 Å². The zero-order valence-electron chi connectivity index (χ0n) is 10.9. The average Bonchev–Trinajstić information content (AvgIpc) is 3.07. The Morgan fingerprint density at radius 3 is 2.10 bits per heavy atom. The van der Waals surface area contributed by atoms with Crippen molar-refractivity contribution in [1.82, 2.24) is 18.7 Å². The van der Waals surface area contributed by atoms with E-state index < -0.39 is 0 Å². The summed E-state index contributed by atoms with van der Waals surface area (Å²) in [6.45, 7) is 4.17. The number of nitrogens with zero attached hydrogens (tertiary/aromatic N) is 4. The summed E-state index contributed by atoms with van der Waals surface area (Å²) < 4.78 is 8.53. The maximum Gasteiger partial charge on any atom is 0.107 e. The molecule has 0 saturated carbocycles. The molecule has 1 aliphatic rings. The van der Waals surface area contributed by atoms with Gasteiger partial charge in [-0.2, -0.15) is 8.75 Å². The van der Waals surface area contributed by atoms with E-state index in [4.69, 9.17) is 9.97 Å². The normalized spacial score (nSPS) is 12.9. The number of aromatic nitrogens is 4. The number of hydrogen-bond donors (Lipinski definition) is 0. The molecule has 4 aromatic rings. The molecule has 2 aromatic carbocycles. The van der Waals surface area contributed by atoms with E-state index in [2.05, 4.69) is 27.5 Å². The van der Waals surface area contributed by atoms with Crippen LogP contribution in [0, 0.1) is 0 Å². The molecule has 0 atom stereocenters. The van der Waals surface area contributed by atoms with Crippen LogP contribution >= 0.6 is 11.7 Å². The Hall–Kier alpha value is -2.66. The van der Waals surface area contributed by atoms with E-state index in [-0.39, 0.29) is 0 Å². The lowest BCUT2D eigenvalue weighted by Crippen LogP contribution is -1.92. The molecule has 0 spiro atoms. The van der Waals surface area contributed by atoms with E-state index >= 15 is 0 Å². The summed E-state index contributed by atoms with van der Waals surface area (Å²) in [5.74, 6) is 0. The van der Waals surface area contributed by atoms with Gasteiger partial charge in [0.1, 0.15) is 11.0 Å². The van der Waals surface area contributed by atoms with Gasteiger partial charge in [0.15, 0.2) is 0 Å². The zero-order chi connectivity index (χ0) is 14.0. The summed E-state index contributed by atoms with van der Waals surface area (Å²) in [7, 11) is 0. The fourth-order valence-corrected chi connectivity index (χ4v) is 3.32. The number of benzene rings is 2. The van der Waals surface area contributed by atoms with Crippen LogP contribution in [0.4, 0.5) is 0 Å². The third kappa shape index (κ3) is 1.38. The first-order valence-corrected chi connectivity index (χ1v) is 7.27. The van der Waals surface area contributed by atoms with Gasteiger partial charge in [0.05, 0.1) is 34.1 Å². The minimum absolute atomic E-state index is 0.836. The zero-order valence-corrected chi connectivity index (χ0v) is 11.7. The van der Waals surface area contributed by atoms with Gasteiger partial charge in [-0.1, -0.05) is 30.8 Å². The summed E-state index contributed by atoms with van der Waals surface area (Å²) in [4.78, 5) is 9.55. The minimum Gasteiger partial charge on any atom is -0.244 e. The van der Waals surface area contributed by atoms with Gasteiger partial charge in [0, 0.05) is 11.1 Å². The van der Waals surface area contributed by atoms with Crippen molar-refractivity contribution in [2.75, 3.05) is 0 Å². The molecule has 1 aliphatic carbocycles. The molecule has 4 nitrogen and oxygen atoms in total. The van der Waals surface area contributed by atoms with E-state index in [0.29, 0.717) is 0 Å². The summed E-state index contributed by atoms with van der Waals surface area (Å²) in [5, 5.41) is 0. The largest absolute Gasteiger partial charge is 0.244 e. The van der Waals surface area contributed by atoms with Crippen LogP contribution in [0.2, 0.25) is 0 Å². The van der Waals surface area contributed by atoms with Crippen LogP contribution in [0.25, 0.3) is 38.9 Å². The van der Waals surface area contributed by atoms with E-state index in [1.165, 1.54) is 11.7 Å². The van der Waals surface area contributed by atoms with Crippen molar-refractivity contribution in [3.05, 3.63) is 54.2 Å². The Bertz CT molecular complexity index is 1060. The number of rotatable bonds is 0. The van der Waals surface area contributed by atoms with Crippen LogP contribution in [0.5, 0.6) is 0 Å². The van der Waals surface area contributed by atoms with Crippen molar-refractivity contribution < 1.29 is 0 Å². The monoisotopic (exact) mass is 288 g/mol. The van der Waals surface area contributed by atoms with Gasteiger partial charge in [0.2, 0.25) is 0 Å². The van der Waals surface area contributed by atoms with Crippen LogP contribution in [0.15, 0.2) is 43.0 Å². The summed E-state index contributed by atoms with van der Waals surface area (Å²) in [6, 6.07) is 12.0. The van der Waals surface area contributed by atoms with E-state index in [9.17, 15) is 0 Å². The molecule has 0 bridgehead atoms. The predicted octanol–water partition coefficient (Wildman–Crippen LogP) is 3.68. The van der Waals surface area contributed by atoms with Crippen molar-refractivity contribution >= 4 is 39.4 Å². The molecule has 0 aliphatic heterocycles. The van der Waals surface area contributed by atoms with Crippen LogP contribution in [0.1, 0.15) is 11.3 Å². The quantitative estimate of drug-likeness (QED) is 0.436. The number of hydrogen-bond acceptors (Lipinski definition) is 5. The predicted molar refractivity (Wildman–Crippen MR) is 84.1 cm³/mol. The molecule has 98 valence electrons. The Balaban J connectivity index is 1.91. The van der Waals surface area contributed by atoms with Gasteiger partial charge in [0.25, 0.3) is 0 Å². The topological polar surface area (TPSA) is 51.6 Å². The Kier molecular flexibility index (Phi) is 1.95. The highest BCUT2D eigenvalue weighted by atomic mass is 32.1. The Morgan fingerprint density at radius 2 is 1.38 bits per heavy atom. The van der Waals surface area contributed by atoms with Crippen molar-refractivity contribution in [3.63, 3.8) is 0 Å². The second-order valence-corrected chi connectivity index (χ2v) is 5.57. The molecule has 0 N–H and O–H groups in total. The molecule has 5 heteroatoms. The molecular weight excluding hydrogens is 280 g/mol. The lowest BCUT2D eigenvalue weighted by molar-refractivity contribution is 1.28. The van der Waals surface area contributed by atoms with Gasteiger partial charge < -0.3 is 0 Å². The maximum atomic E-state index is 4.79. The maximum absolute atomic E-state index is 4.79. The first-order valence-electron chi connectivity index (χ1n) is 6.54.